The van der Waals surface area contributed by atoms with Crippen molar-refractivity contribution in [3.8, 4) is 0 Å². The van der Waals surface area contributed by atoms with Crippen LogP contribution in [0.25, 0.3) is 0 Å². The standard InChI is InChI=1S/C15H23N3O4/c1-21-13-3-2-10-18(12(13)5-6-14(16)19)15(20)7-4-11-8-9-17-22-11/h8-9,12-13H,2-7,10H2,1H3,(H2,16,19)/t12-,13-/m0/s1. The Hall–Kier alpha value is -1.89. The molecule has 1 aliphatic heterocycles. The van der Waals surface area contributed by atoms with Crippen LogP contribution in [0, 0.1) is 0 Å². The second-order valence-electron chi connectivity index (χ2n) is 5.55. The molecule has 1 saturated heterocycles. The van der Waals surface area contributed by atoms with E-state index < -0.39 is 0 Å². The van der Waals surface area contributed by atoms with Crippen molar-refractivity contribution in [2.24, 2.45) is 5.73 Å². The summed E-state index contributed by atoms with van der Waals surface area (Å²) in [6.07, 6.45) is 5.01. The summed E-state index contributed by atoms with van der Waals surface area (Å²) in [7, 11) is 1.64. The average molecular weight is 309 g/mol. The molecule has 1 aromatic heterocycles. The fraction of sp³-hybridized carbons (Fsp3) is 0.667. The van der Waals surface area contributed by atoms with Crippen LogP contribution in [-0.2, 0) is 20.7 Å². The zero-order valence-electron chi connectivity index (χ0n) is 12.9. The van der Waals surface area contributed by atoms with Crippen molar-refractivity contribution in [2.75, 3.05) is 13.7 Å². The lowest BCUT2D eigenvalue weighted by Gasteiger charge is -2.40. The van der Waals surface area contributed by atoms with Crippen molar-refractivity contribution in [1.82, 2.24) is 10.1 Å². The number of ether oxygens (including phenoxy) is 1. The van der Waals surface area contributed by atoms with Crippen LogP contribution < -0.4 is 5.73 Å². The number of hydrogen-bond acceptors (Lipinski definition) is 5. The number of carbonyl (C=O) groups is 2. The molecule has 2 N–H and O–H groups in total. The quantitative estimate of drug-likeness (QED) is 0.806. The zero-order valence-corrected chi connectivity index (χ0v) is 12.9. The fourth-order valence-corrected chi connectivity index (χ4v) is 2.98. The van der Waals surface area contributed by atoms with Gasteiger partial charge in [0.1, 0.15) is 5.76 Å². The van der Waals surface area contributed by atoms with Crippen LogP contribution in [0.3, 0.4) is 0 Å². The van der Waals surface area contributed by atoms with Crippen molar-refractivity contribution in [2.45, 2.75) is 50.7 Å². The van der Waals surface area contributed by atoms with Gasteiger partial charge in [0.15, 0.2) is 0 Å². The molecule has 2 rings (SSSR count). The second-order valence-corrected chi connectivity index (χ2v) is 5.55. The Morgan fingerprint density at radius 2 is 2.32 bits per heavy atom. The third-order valence-corrected chi connectivity index (χ3v) is 4.10. The lowest BCUT2D eigenvalue weighted by atomic mass is 9.94. The van der Waals surface area contributed by atoms with Crippen LogP contribution in [0.5, 0.6) is 0 Å². The molecule has 1 fully saturated rings. The van der Waals surface area contributed by atoms with Crippen molar-refractivity contribution in [3.05, 3.63) is 18.0 Å². The summed E-state index contributed by atoms with van der Waals surface area (Å²) < 4.78 is 10.5. The molecule has 0 aliphatic carbocycles. The molecule has 2 heterocycles. The molecule has 7 heteroatoms. The molecular formula is C15H23N3O4. The van der Waals surface area contributed by atoms with Crippen molar-refractivity contribution < 1.29 is 18.8 Å². The Morgan fingerprint density at radius 3 is 2.95 bits per heavy atom. The maximum atomic E-state index is 12.5. The number of rotatable bonds is 7. The molecule has 1 aromatic rings. The smallest absolute Gasteiger partial charge is 0.223 e. The summed E-state index contributed by atoms with van der Waals surface area (Å²) in [6.45, 7) is 0.693. The maximum Gasteiger partial charge on any atom is 0.223 e. The largest absolute Gasteiger partial charge is 0.379 e. The topological polar surface area (TPSA) is 98.7 Å². The summed E-state index contributed by atoms with van der Waals surface area (Å²) in [5.74, 6) is 0.393. The Kier molecular flexibility index (Phi) is 5.94. The minimum atomic E-state index is -0.352. The molecule has 1 aliphatic rings. The predicted molar refractivity (Wildman–Crippen MR) is 78.8 cm³/mol. The number of hydrogen-bond donors (Lipinski definition) is 1. The van der Waals surface area contributed by atoms with Crippen LogP contribution in [0.1, 0.15) is 37.9 Å². The van der Waals surface area contributed by atoms with E-state index in [2.05, 4.69) is 5.16 Å². The number of amides is 2. The van der Waals surface area contributed by atoms with Gasteiger partial charge in [-0.25, -0.2) is 0 Å². The summed E-state index contributed by atoms with van der Waals surface area (Å²) in [6, 6.07) is 1.67. The number of carbonyl (C=O) groups excluding carboxylic acids is 2. The molecule has 7 nitrogen and oxygen atoms in total. The van der Waals surface area contributed by atoms with Gasteiger partial charge < -0.3 is 19.9 Å². The molecule has 2 atom stereocenters. The lowest BCUT2D eigenvalue weighted by Crippen LogP contribution is -2.52. The number of aryl methyl sites for hydroxylation is 1. The molecule has 0 spiro atoms. The SMILES string of the molecule is CO[C@H]1CCCN(C(=O)CCc2ccno2)[C@H]1CCC(N)=O. The van der Waals surface area contributed by atoms with Crippen LogP contribution >= 0.6 is 0 Å². The number of primary amides is 1. The highest BCUT2D eigenvalue weighted by Crippen LogP contribution is 2.24. The first-order valence-corrected chi connectivity index (χ1v) is 7.62. The number of nitrogens with two attached hydrogens (primary N) is 1. The molecule has 0 aromatic carbocycles. The van der Waals surface area contributed by atoms with Crippen molar-refractivity contribution >= 4 is 11.8 Å². The summed E-state index contributed by atoms with van der Waals surface area (Å²) in [5.41, 5.74) is 5.24. The molecule has 0 radical (unpaired) electrons. The first-order valence-electron chi connectivity index (χ1n) is 7.62. The van der Waals surface area contributed by atoms with Gasteiger partial charge in [-0.15, -0.1) is 0 Å². The number of nitrogens with zero attached hydrogens (tertiary/aromatic N) is 2. The van der Waals surface area contributed by atoms with E-state index in [9.17, 15) is 9.59 Å². The molecule has 0 saturated carbocycles. The van der Waals surface area contributed by atoms with E-state index >= 15 is 0 Å². The number of piperidine rings is 1. The number of methoxy groups -OCH3 is 1. The minimum Gasteiger partial charge on any atom is -0.379 e. The maximum absolute atomic E-state index is 12.5. The number of aromatic nitrogens is 1. The van der Waals surface area contributed by atoms with E-state index in [1.54, 1.807) is 19.4 Å². The minimum absolute atomic E-state index is 0.0395. The third kappa shape index (κ3) is 4.30. The summed E-state index contributed by atoms with van der Waals surface area (Å²) in [5, 5.41) is 3.63. The van der Waals surface area contributed by atoms with E-state index in [0.29, 0.717) is 31.6 Å². The molecule has 122 valence electrons. The Balaban J connectivity index is 1.97. The first-order chi connectivity index (χ1) is 10.6. The molecule has 0 bridgehead atoms. The lowest BCUT2D eigenvalue weighted by molar-refractivity contribution is -0.140. The Labute approximate surface area is 129 Å². The summed E-state index contributed by atoms with van der Waals surface area (Å²) in [4.78, 5) is 25.4. The number of likely N-dealkylation sites (tertiary alicyclic amines) is 1. The monoisotopic (exact) mass is 309 g/mol. The van der Waals surface area contributed by atoms with Gasteiger partial charge in [-0.1, -0.05) is 5.16 Å². The van der Waals surface area contributed by atoms with Gasteiger partial charge in [-0.05, 0) is 19.3 Å². The van der Waals surface area contributed by atoms with E-state index in [1.807, 2.05) is 4.90 Å². The van der Waals surface area contributed by atoms with Gasteiger partial charge >= 0.3 is 0 Å². The van der Waals surface area contributed by atoms with Crippen molar-refractivity contribution in [1.29, 1.82) is 0 Å². The first kappa shape index (κ1) is 16.5. The highest BCUT2D eigenvalue weighted by molar-refractivity contribution is 5.77. The van der Waals surface area contributed by atoms with Gasteiger partial charge in [-0.2, -0.15) is 0 Å². The van der Waals surface area contributed by atoms with Crippen LogP contribution in [0.15, 0.2) is 16.8 Å². The molecule has 0 unspecified atom stereocenters. The third-order valence-electron chi connectivity index (χ3n) is 4.10. The van der Waals surface area contributed by atoms with Gasteiger partial charge in [0, 0.05) is 39.0 Å². The highest BCUT2D eigenvalue weighted by Gasteiger charge is 2.34. The normalized spacial score (nSPS) is 21.8. The van der Waals surface area contributed by atoms with Crippen LogP contribution in [-0.4, -0.2) is 47.7 Å². The fourth-order valence-electron chi connectivity index (χ4n) is 2.98. The highest BCUT2D eigenvalue weighted by atomic mass is 16.5. The van der Waals surface area contributed by atoms with E-state index in [0.717, 1.165) is 12.8 Å². The van der Waals surface area contributed by atoms with Gasteiger partial charge in [0.25, 0.3) is 0 Å². The van der Waals surface area contributed by atoms with Crippen LogP contribution in [0.2, 0.25) is 0 Å². The molecule has 2 amide bonds. The van der Waals surface area contributed by atoms with E-state index in [1.165, 1.54) is 0 Å². The summed E-state index contributed by atoms with van der Waals surface area (Å²) >= 11 is 0. The van der Waals surface area contributed by atoms with Gasteiger partial charge in [0.05, 0.1) is 18.3 Å². The Morgan fingerprint density at radius 1 is 1.50 bits per heavy atom. The second kappa shape index (κ2) is 7.93. The molecule has 22 heavy (non-hydrogen) atoms. The van der Waals surface area contributed by atoms with E-state index in [-0.39, 0.29) is 30.4 Å². The van der Waals surface area contributed by atoms with Crippen LogP contribution in [0.4, 0.5) is 0 Å². The average Bonchev–Trinajstić information content (AvgIpc) is 3.03. The Bertz CT molecular complexity index is 489. The van der Waals surface area contributed by atoms with Gasteiger partial charge in [-0.3, -0.25) is 9.59 Å². The van der Waals surface area contributed by atoms with Gasteiger partial charge in [0.2, 0.25) is 11.8 Å². The predicted octanol–water partition coefficient (Wildman–Crippen LogP) is 0.879. The van der Waals surface area contributed by atoms with Crippen molar-refractivity contribution in [3.63, 3.8) is 0 Å². The zero-order chi connectivity index (χ0) is 15.9. The molecular weight excluding hydrogens is 286 g/mol. The van der Waals surface area contributed by atoms with E-state index in [4.69, 9.17) is 15.0 Å².